The molecule has 1 aromatic heterocycles. The molecule has 0 bridgehead atoms. The third-order valence-corrected chi connectivity index (χ3v) is 8.05. The molecule has 218 valence electrons. The van der Waals surface area contributed by atoms with Crippen molar-refractivity contribution in [2.45, 2.75) is 26.3 Å². The van der Waals surface area contributed by atoms with Crippen LogP contribution < -0.4 is 11.1 Å². The van der Waals surface area contributed by atoms with E-state index in [4.69, 9.17) is 10.2 Å². The SMILES string of the molecule is Cc1c(-c2ccc3oc(-c4ccc(F)cc4)c(C(N)=O)c3c2)ccc(-c2ccccc2)c1C(=O)NC(C)(C)c1ccccc1. The Balaban J connectivity index is 1.49. The van der Waals surface area contributed by atoms with Crippen LogP contribution in [0.15, 0.2) is 120 Å². The normalized spacial score (nSPS) is 11.5. The lowest BCUT2D eigenvalue weighted by molar-refractivity contribution is 0.0911. The van der Waals surface area contributed by atoms with Crippen LogP contribution in [0.25, 0.3) is 44.5 Å². The first kappa shape index (κ1) is 28.6. The van der Waals surface area contributed by atoms with Gasteiger partial charge in [0, 0.05) is 10.9 Å². The van der Waals surface area contributed by atoms with Crippen LogP contribution >= 0.6 is 0 Å². The molecule has 6 aromatic rings. The number of hydrogen-bond acceptors (Lipinski definition) is 3. The van der Waals surface area contributed by atoms with Crippen LogP contribution in [0.3, 0.4) is 0 Å². The van der Waals surface area contributed by atoms with Gasteiger partial charge in [0.1, 0.15) is 17.2 Å². The molecule has 0 aliphatic rings. The molecule has 0 radical (unpaired) electrons. The van der Waals surface area contributed by atoms with Gasteiger partial charge in [0.25, 0.3) is 11.8 Å². The fourth-order valence-corrected chi connectivity index (χ4v) is 5.76. The summed E-state index contributed by atoms with van der Waals surface area (Å²) in [5.74, 6) is -0.962. The van der Waals surface area contributed by atoms with Gasteiger partial charge in [-0.15, -0.1) is 0 Å². The summed E-state index contributed by atoms with van der Waals surface area (Å²) < 4.78 is 19.7. The van der Waals surface area contributed by atoms with Gasteiger partial charge in [-0.1, -0.05) is 78.9 Å². The van der Waals surface area contributed by atoms with E-state index in [1.54, 1.807) is 18.2 Å². The van der Waals surface area contributed by atoms with Gasteiger partial charge in [-0.3, -0.25) is 9.59 Å². The number of carbonyl (C=O) groups is 2. The molecule has 0 saturated heterocycles. The molecule has 44 heavy (non-hydrogen) atoms. The second-order valence-corrected chi connectivity index (χ2v) is 11.4. The number of nitrogens with two attached hydrogens (primary N) is 1. The third kappa shape index (κ3) is 5.26. The van der Waals surface area contributed by atoms with Crippen LogP contribution in [0.2, 0.25) is 0 Å². The number of carbonyl (C=O) groups excluding carboxylic acids is 2. The van der Waals surface area contributed by atoms with E-state index in [1.807, 2.05) is 106 Å². The molecular weight excluding hydrogens is 551 g/mol. The standard InChI is InChI=1S/C38H31FN2O3/c1-23-29(26-16-21-32-31(22-26)34(36(40)42)35(44-32)25-14-17-28(39)18-15-25)19-20-30(24-10-6-4-7-11-24)33(23)37(43)41-38(2,3)27-12-8-5-9-13-27/h4-22H,1-3H3,(H2,40,42)(H,41,43). The lowest BCUT2D eigenvalue weighted by Gasteiger charge is -2.28. The summed E-state index contributed by atoms with van der Waals surface area (Å²) in [7, 11) is 0. The van der Waals surface area contributed by atoms with Crippen molar-refractivity contribution < 1.29 is 18.4 Å². The summed E-state index contributed by atoms with van der Waals surface area (Å²) in [5.41, 5.74) is 12.1. The van der Waals surface area contributed by atoms with Gasteiger partial charge in [0.15, 0.2) is 0 Å². The highest BCUT2D eigenvalue weighted by Gasteiger charge is 2.27. The largest absolute Gasteiger partial charge is 0.455 e. The van der Waals surface area contributed by atoms with Gasteiger partial charge in [-0.25, -0.2) is 4.39 Å². The van der Waals surface area contributed by atoms with E-state index < -0.39 is 17.3 Å². The van der Waals surface area contributed by atoms with Crippen LogP contribution in [0.4, 0.5) is 4.39 Å². The van der Waals surface area contributed by atoms with Crippen molar-refractivity contribution in [1.29, 1.82) is 0 Å². The van der Waals surface area contributed by atoms with Gasteiger partial charge in [0.2, 0.25) is 0 Å². The van der Waals surface area contributed by atoms with Gasteiger partial charge < -0.3 is 15.5 Å². The fraction of sp³-hybridized carbons (Fsp3) is 0.105. The van der Waals surface area contributed by atoms with Gasteiger partial charge >= 0.3 is 0 Å². The summed E-state index contributed by atoms with van der Waals surface area (Å²) in [4.78, 5) is 26.8. The van der Waals surface area contributed by atoms with E-state index in [1.165, 1.54) is 12.1 Å². The summed E-state index contributed by atoms with van der Waals surface area (Å²) in [6.07, 6.45) is 0. The highest BCUT2D eigenvalue weighted by Crippen LogP contribution is 2.39. The van der Waals surface area contributed by atoms with Gasteiger partial charge in [-0.2, -0.15) is 0 Å². The predicted octanol–water partition coefficient (Wildman–Crippen LogP) is 8.65. The molecule has 0 atom stereocenters. The van der Waals surface area contributed by atoms with Crippen molar-refractivity contribution in [1.82, 2.24) is 5.32 Å². The van der Waals surface area contributed by atoms with Crippen molar-refractivity contribution in [2.75, 3.05) is 0 Å². The number of primary amides is 1. The Kier molecular flexibility index (Phi) is 7.35. The predicted molar refractivity (Wildman–Crippen MR) is 173 cm³/mol. The smallest absolute Gasteiger partial charge is 0.253 e. The van der Waals surface area contributed by atoms with Crippen LogP contribution in [0.5, 0.6) is 0 Å². The Bertz CT molecular complexity index is 2010. The molecule has 2 amide bonds. The second kappa shape index (κ2) is 11.3. The Hall–Kier alpha value is -5.49. The maximum Gasteiger partial charge on any atom is 0.253 e. The van der Waals surface area contributed by atoms with Crippen molar-refractivity contribution in [3.8, 4) is 33.6 Å². The van der Waals surface area contributed by atoms with Crippen LogP contribution in [0.1, 0.15) is 45.7 Å². The number of benzene rings is 5. The maximum absolute atomic E-state index is 14.2. The Morgan fingerprint density at radius 3 is 2.00 bits per heavy atom. The minimum absolute atomic E-state index is 0.196. The number of nitrogens with one attached hydrogen (secondary N) is 1. The van der Waals surface area contributed by atoms with E-state index in [9.17, 15) is 14.0 Å². The molecule has 0 aliphatic heterocycles. The maximum atomic E-state index is 14.2. The van der Waals surface area contributed by atoms with Crippen molar-refractivity contribution in [3.05, 3.63) is 143 Å². The monoisotopic (exact) mass is 582 g/mol. The second-order valence-electron chi connectivity index (χ2n) is 11.4. The molecular formula is C38H31FN2O3. The third-order valence-electron chi connectivity index (χ3n) is 8.05. The summed E-state index contributed by atoms with van der Waals surface area (Å²) in [6.45, 7) is 5.90. The van der Waals surface area contributed by atoms with Crippen molar-refractivity contribution >= 4 is 22.8 Å². The number of halogens is 1. The van der Waals surface area contributed by atoms with Crippen molar-refractivity contribution in [2.24, 2.45) is 5.73 Å². The molecule has 6 heteroatoms. The molecule has 0 saturated carbocycles. The molecule has 5 nitrogen and oxygen atoms in total. The number of hydrogen-bond donors (Lipinski definition) is 2. The highest BCUT2D eigenvalue weighted by atomic mass is 19.1. The summed E-state index contributed by atoms with van der Waals surface area (Å²) in [6, 6.07) is 34.9. The van der Waals surface area contributed by atoms with E-state index in [2.05, 4.69) is 5.32 Å². The Labute approximate surface area is 255 Å². The molecule has 0 spiro atoms. The molecule has 3 N–H and O–H groups in total. The highest BCUT2D eigenvalue weighted by molar-refractivity contribution is 6.11. The van der Waals surface area contributed by atoms with Gasteiger partial charge in [0.05, 0.1) is 16.7 Å². The molecule has 0 aliphatic carbocycles. The minimum Gasteiger partial charge on any atom is -0.455 e. The Morgan fingerprint density at radius 1 is 0.727 bits per heavy atom. The van der Waals surface area contributed by atoms with Crippen LogP contribution in [0, 0.1) is 12.7 Å². The number of fused-ring (bicyclic) bond motifs is 1. The van der Waals surface area contributed by atoms with Gasteiger partial charge in [-0.05, 0) is 90.6 Å². The molecule has 0 unspecified atom stereocenters. The first-order valence-corrected chi connectivity index (χ1v) is 14.3. The number of amides is 2. The zero-order valence-electron chi connectivity index (χ0n) is 24.6. The van der Waals surface area contributed by atoms with E-state index in [0.29, 0.717) is 22.1 Å². The lowest BCUT2D eigenvalue weighted by atomic mass is 9.87. The summed E-state index contributed by atoms with van der Waals surface area (Å²) in [5, 5.41) is 3.79. The van der Waals surface area contributed by atoms with E-state index >= 15 is 0 Å². The van der Waals surface area contributed by atoms with Crippen molar-refractivity contribution in [3.63, 3.8) is 0 Å². The average Bonchev–Trinajstić information content (AvgIpc) is 3.41. The Morgan fingerprint density at radius 2 is 1.34 bits per heavy atom. The number of rotatable bonds is 7. The average molecular weight is 583 g/mol. The zero-order chi connectivity index (χ0) is 31.0. The zero-order valence-corrected chi connectivity index (χ0v) is 24.6. The van der Waals surface area contributed by atoms with E-state index in [0.717, 1.165) is 33.4 Å². The molecule has 0 fully saturated rings. The topological polar surface area (TPSA) is 85.3 Å². The van der Waals surface area contributed by atoms with E-state index in [-0.39, 0.29) is 17.2 Å². The number of furan rings is 1. The minimum atomic E-state index is -0.653. The molecule has 6 rings (SSSR count). The first-order valence-electron chi connectivity index (χ1n) is 14.3. The molecule has 1 heterocycles. The fourth-order valence-electron chi connectivity index (χ4n) is 5.76. The summed E-state index contributed by atoms with van der Waals surface area (Å²) >= 11 is 0. The first-order chi connectivity index (χ1) is 21.1. The lowest BCUT2D eigenvalue weighted by Crippen LogP contribution is -2.41. The van der Waals surface area contributed by atoms with Crippen LogP contribution in [-0.2, 0) is 5.54 Å². The van der Waals surface area contributed by atoms with Crippen LogP contribution in [-0.4, -0.2) is 11.8 Å². The molecule has 5 aromatic carbocycles. The quantitative estimate of drug-likeness (QED) is 0.198.